The maximum absolute atomic E-state index is 5.79. The predicted octanol–water partition coefficient (Wildman–Crippen LogP) is 4.97. The van der Waals surface area contributed by atoms with Gasteiger partial charge in [-0.2, -0.15) is 0 Å². The Morgan fingerprint density at radius 3 is 2.65 bits per heavy atom. The minimum atomic E-state index is 0.614. The number of hydrogen-bond acceptors (Lipinski definition) is 6. The first-order valence-electron chi connectivity index (χ1n) is 7.38. The van der Waals surface area contributed by atoms with E-state index in [9.17, 15) is 0 Å². The number of aromatic nitrogens is 2. The van der Waals surface area contributed by atoms with E-state index >= 15 is 0 Å². The highest BCUT2D eigenvalue weighted by Crippen LogP contribution is 2.32. The van der Waals surface area contributed by atoms with E-state index in [0.717, 1.165) is 21.9 Å². The lowest BCUT2D eigenvalue weighted by Gasteiger charge is -2.01. The van der Waals surface area contributed by atoms with Crippen molar-refractivity contribution in [2.45, 2.75) is 30.9 Å². The average molecular weight is 346 g/mol. The van der Waals surface area contributed by atoms with Crippen LogP contribution in [0.4, 0.5) is 0 Å². The lowest BCUT2D eigenvalue weighted by atomic mass is 10.2. The largest absolute Gasteiger partial charge is 0.497 e. The number of hydrogen-bond donors (Lipinski definition) is 0. The van der Waals surface area contributed by atoms with Gasteiger partial charge in [0.2, 0.25) is 5.89 Å². The Bertz CT molecular complexity index is 778. The monoisotopic (exact) mass is 346 g/mol. The molecule has 6 heteroatoms. The molecule has 0 aliphatic carbocycles. The van der Waals surface area contributed by atoms with Gasteiger partial charge in [-0.05, 0) is 49.2 Å². The molecule has 0 fully saturated rings. The Labute approximate surface area is 143 Å². The Morgan fingerprint density at radius 1 is 1.22 bits per heavy atom. The molecule has 0 aliphatic rings. The van der Waals surface area contributed by atoms with Crippen molar-refractivity contribution in [1.82, 2.24) is 10.2 Å². The molecule has 120 valence electrons. The summed E-state index contributed by atoms with van der Waals surface area (Å²) < 4.78 is 10.9. The summed E-state index contributed by atoms with van der Waals surface area (Å²) in [6.07, 6.45) is 1.03. The minimum absolute atomic E-state index is 0.614. The highest BCUT2D eigenvalue weighted by molar-refractivity contribution is 7.98. The van der Waals surface area contributed by atoms with Crippen LogP contribution in [-0.2, 0) is 12.2 Å². The van der Waals surface area contributed by atoms with E-state index < -0.39 is 0 Å². The molecule has 2 heterocycles. The Kier molecular flexibility index (Phi) is 5.03. The molecule has 0 spiro atoms. The van der Waals surface area contributed by atoms with Gasteiger partial charge in [0.15, 0.2) is 0 Å². The normalized spacial score (nSPS) is 10.9. The van der Waals surface area contributed by atoms with E-state index in [2.05, 4.69) is 30.1 Å². The van der Waals surface area contributed by atoms with Crippen LogP contribution in [-0.4, -0.2) is 17.3 Å². The van der Waals surface area contributed by atoms with Gasteiger partial charge in [0, 0.05) is 9.77 Å². The fourth-order valence-corrected chi connectivity index (χ4v) is 3.98. The van der Waals surface area contributed by atoms with E-state index in [1.165, 1.54) is 10.4 Å². The quantitative estimate of drug-likeness (QED) is 0.590. The summed E-state index contributed by atoms with van der Waals surface area (Å²) in [5.74, 6) is 2.77. The SMILES string of the molecule is CCc1sc(-c2nnc(CSc3ccc(OC)cc3)o2)cc1C. The highest BCUT2D eigenvalue weighted by Gasteiger charge is 2.13. The van der Waals surface area contributed by atoms with Crippen LogP contribution in [0.1, 0.15) is 23.3 Å². The number of rotatable bonds is 6. The summed E-state index contributed by atoms with van der Waals surface area (Å²) in [5.41, 5.74) is 1.29. The van der Waals surface area contributed by atoms with Gasteiger partial charge in [0.25, 0.3) is 5.89 Å². The van der Waals surface area contributed by atoms with Gasteiger partial charge in [-0.25, -0.2) is 0 Å². The molecule has 3 rings (SSSR count). The summed E-state index contributed by atoms with van der Waals surface area (Å²) in [7, 11) is 1.67. The minimum Gasteiger partial charge on any atom is -0.497 e. The summed E-state index contributed by atoms with van der Waals surface area (Å²) in [6, 6.07) is 10.1. The number of nitrogens with zero attached hydrogens (tertiary/aromatic N) is 2. The van der Waals surface area contributed by atoms with Crippen LogP contribution in [0.5, 0.6) is 5.75 Å². The second-order valence-electron chi connectivity index (χ2n) is 5.04. The zero-order chi connectivity index (χ0) is 16.2. The molecule has 4 nitrogen and oxygen atoms in total. The Morgan fingerprint density at radius 2 is 2.00 bits per heavy atom. The molecule has 1 aromatic carbocycles. The smallest absolute Gasteiger partial charge is 0.257 e. The van der Waals surface area contributed by atoms with Gasteiger partial charge in [0.05, 0.1) is 17.7 Å². The molecule has 2 aromatic heterocycles. The Balaban J connectivity index is 1.66. The topological polar surface area (TPSA) is 48.2 Å². The van der Waals surface area contributed by atoms with E-state index in [1.54, 1.807) is 30.2 Å². The number of methoxy groups -OCH3 is 1. The molecule has 0 bridgehead atoms. The van der Waals surface area contributed by atoms with E-state index in [-0.39, 0.29) is 0 Å². The molecule has 3 aromatic rings. The van der Waals surface area contributed by atoms with Crippen LogP contribution in [0, 0.1) is 6.92 Å². The lowest BCUT2D eigenvalue weighted by molar-refractivity contribution is 0.414. The fraction of sp³-hybridized carbons (Fsp3) is 0.294. The molecular weight excluding hydrogens is 328 g/mol. The highest BCUT2D eigenvalue weighted by atomic mass is 32.2. The van der Waals surface area contributed by atoms with Crippen molar-refractivity contribution in [2.75, 3.05) is 7.11 Å². The summed E-state index contributed by atoms with van der Waals surface area (Å²) in [6.45, 7) is 4.28. The Hall–Kier alpha value is -1.79. The summed E-state index contributed by atoms with van der Waals surface area (Å²) in [4.78, 5) is 3.56. The molecule has 0 atom stereocenters. The van der Waals surface area contributed by atoms with Crippen molar-refractivity contribution in [2.24, 2.45) is 0 Å². The first-order chi connectivity index (χ1) is 11.2. The van der Waals surface area contributed by atoms with Gasteiger partial charge >= 0.3 is 0 Å². The third kappa shape index (κ3) is 3.76. The van der Waals surface area contributed by atoms with Crippen LogP contribution < -0.4 is 4.74 Å². The standard InChI is InChI=1S/C17H18N2O2S2/c1-4-14-11(2)9-15(23-14)17-19-18-16(21-17)10-22-13-7-5-12(20-3)6-8-13/h5-9H,4,10H2,1-3H3. The molecule has 0 N–H and O–H groups in total. The number of aryl methyl sites for hydroxylation is 2. The maximum Gasteiger partial charge on any atom is 0.257 e. The fourth-order valence-electron chi connectivity index (χ4n) is 2.20. The molecule has 0 unspecified atom stereocenters. The van der Waals surface area contributed by atoms with E-state index in [4.69, 9.17) is 9.15 Å². The van der Waals surface area contributed by atoms with Crippen molar-refractivity contribution < 1.29 is 9.15 Å². The number of benzene rings is 1. The van der Waals surface area contributed by atoms with Gasteiger partial charge in [-0.1, -0.05) is 6.92 Å². The van der Waals surface area contributed by atoms with Gasteiger partial charge in [-0.3, -0.25) is 0 Å². The van der Waals surface area contributed by atoms with Crippen LogP contribution in [0.3, 0.4) is 0 Å². The number of thiophene rings is 1. The van der Waals surface area contributed by atoms with Gasteiger partial charge in [0.1, 0.15) is 5.75 Å². The average Bonchev–Trinajstić information content (AvgIpc) is 3.19. The molecule has 0 amide bonds. The molecule has 0 saturated heterocycles. The second-order valence-corrected chi connectivity index (χ2v) is 7.22. The van der Waals surface area contributed by atoms with E-state index in [1.807, 2.05) is 24.3 Å². The van der Waals surface area contributed by atoms with Gasteiger partial charge in [-0.15, -0.1) is 33.3 Å². The molecule has 0 aliphatic heterocycles. The van der Waals surface area contributed by atoms with Crippen molar-refractivity contribution in [3.8, 4) is 16.5 Å². The van der Waals surface area contributed by atoms with Crippen molar-refractivity contribution in [1.29, 1.82) is 0 Å². The summed E-state index contributed by atoms with van der Waals surface area (Å²) >= 11 is 3.39. The zero-order valence-corrected chi connectivity index (χ0v) is 15.0. The third-order valence-electron chi connectivity index (χ3n) is 3.44. The molecule has 0 radical (unpaired) electrons. The van der Waals surface area contributed by atoms with Crippen LogP contribution in [0.2, 0.25) is 0 Å². The maximum atomic E-state index is 5.79. The number of thioether (sulfide) groups is 1. The third-order valence-corrected chi connectivity index (χ3v) is 5.81. The van der Waals surface area contributed by atoms with Crippen molar-refractivity contribution >= 4 is 23.1 Å². The molecule has 0 saturated carbocycles. The summed E-state index contributed by atoms with van der Waals surface area (Å²) in [5, 5.41) is 8.33. The lowest BCUT2D eigenvalue weighted by Crippen LogP contribution is -1.83. The van der Waals surface area contributed by atoms with Crippen LogP contribution in [0.25, 0.3) is 10.8 Å². The zero-order valence-electron chi connectivity index (χ0n) is 13.3. The predicted molar refractivity (Wildman–Crippen MR) is 94.3 cm³/mol. The van der Waals surface area contributed by atoms with E-state index in [0.29, 0.717) is 17.5 Å². The van der Waals surface area contributed by atoms with Crippen molar-refractivity contribution in [3.05, 3.63) is 46.7 Å². The van der Waals surface area contributed by atoms with Crippen molar-refractivity contribution in [3.63, 3.8) is 0 Å². The van der Waals surface area contributed by atoms with Gasteiger partial charge < -0.3 is 9.15 Å². The van der Waals surface area contributed by atoms with Crippen LogP contribution >= 0.6 is 23.1 Å². The molecule has 23 heavy (non-hydrogen) atoms. The first-order valence-corrected chi connectivity index (χ1v) is 9.18. The molecular formula is C17H18N2O2S2. The second kappa shape index (κ2) is 7.19. The first kappa shape index (κ1) is 16.1. The number of ether oxygens (including phenoxy) is 1. The van der Waals surface area contributed by atoms with Crippen LogP contribution in [0.15, 0.2) is 39.6 Å².